The van der Waals surface area contributed by atoms with Crippen LogP contribution in [0.15, 0.2) is 59.3 Å². The molecule has 3 rings (SSSR count). The number of nitrogen functional groups attached to an aromatic ring is 1. The number of hydrogen-bond acceptors (Lipinski definition) is 6. The van der Waals surface area contributed by atoms with Gasteiger partial charge in [0.1, 0.15) is 12.0 Å². The van der Waals surface area contributed by atoms with Crippen LogP contribution in [0, 0.1) is 0 Å². The Labute approximate surface area is 163 Å². The number of nitrogens with two attached hydrogens (primary N) is 1. The Morgan fingerprint density at radius 2 is 1.85 bits per heavy atom. The third kappa shape index (κ3) is 4.41. The summed E-state index contributed by atoms with van der Waals surface area (Å²) in [5.74, 6) is 0.317. The Bertz CT molecular complexity index is 952. The first kappa shape index (κ1) is 18.0. The van der Waals surface area contributed by atoms with Crippen LogP contribution < -0.4 is 21.9 Å². The minimum Gasteiger partial charge on any atom is -0.393 e. The summed E-state index contributed by atoms with van der Waals surface area (Å²) in [6, 6.07) is 14.1. The molecule has 0 saturated heterocycles. The predicted molar refractivity (Wildman–Crippen MR) is 106 cm³/mol. The van der Waals surface area contributed by atoms with Crippen LogP contribution in [0.1, 0.15) is 10.4 Å². The van der Waals surface area contributed by atoms with Crippen molar-refractivity contribution in [2.75, 3.05) is 16.5 Å². The van der Waals surface area contributed by atoms with Crippen molar-refractivity contribution in [3.8, 4) is 0 Å². The zero-order valence-electron chi connectivity index (χ0n) is 13.3. The molecule has 0 unspecified atom stereocenters. The maximum absolute atomic E-state index is 12.2. The van der Waals surface area contributed by atoms with Crippen LogP contribution in [0.3, 0.4) is 0 Å². The molecule has 0 aliphatic rings. The predicted octanol–water partition coefficient (Wildman–Crippen LogP) is 3.98. The summed E-state index contributed by atoms with van der Waals surface area (Å²) in [6.07, 6.45) is 1.34. The highest BCUT2D eigenvalue weighted by Gasteiger charge is 2.11. The van der Waals surface area contributed by atoms with E-state index in [2.05, 4.69) is 42.1 Å². The van der Waals surface area contributed by atoms with Gasteiger partial charge < -0.3 is 11.1 Å². The number of hydrazine groups is 1. The third-order valence-corrected chi connectivity index (χ3v) is 4.08. The van der Waals surface area contributed by atoms with Crippen molar-refractivity contribution < 1.29 is 4.79 Å². The molecule has 1 heterocycles. The van der Waals surface area contributed by atoms with E-state index in [1.807, 2.05) is 24.3 Å². The standard InChI is InChI=1S/C17H14BrClN6O/c18-11-4-2-6-13(8-11)23-15-14(20)16(22-9-21-15)24-25-17(26)10-3-1-5-12(19)7-10/h1-9H,20H2,(H,25,26)(H2,21,22,23,24). The van der Waals surface area contributed by atoms with E-state index in [-0.39, 0.29) is 17.4 Å². The van der Waals surface area contributed by atoms with Crippen LogP contribution in [-0.4, -0.2) is 15.9 Å². The first-order valence-electron chi connectivity index (χ1n) is 7.48. The normalized spacial score (nSPS) is 10.2. The van der Waals surface area contributed by atoms with Gasteiger partial charge in [0.2, 0.25) is 0 Å². The van der Waals surface area contributed by atoms with E-state index < -0.39 is 0 Å². The monoisotopic (exact) mass is 432 g/mol. The molecule has 0 saturated carbocycles. The second-order valence-electron chi connectivity index (χ2n) is 5.21. The van der Waals surface area contributed by atoms with E-state index >= 15 is 0 Å². The summed E-state index contributed by atoms with van der Waals surface area (Å²) in [5.41, 5.74) is 12.8. The quantitative estimate of drug-likeness (QED) is 0.454. The molecule has 0 spiro atoms. The second-order valence-corrected chi connectivity index (χ2v) is 6.56. The van der Waals surface area contributed by atoms with Gasteiger partial charge in [0, 0.05) is 20.7 Å². The molecule has 2 aromatic carbocycles. The molecule has 7 nitrogen and oxygen atoms in total. The number of carbonyl (C=O) groups excluding carboxylic acids is 1. The van der Waals surface area contributed by atoms with Crippen molar-refractivity contribution in [3.63, 3.8) is 0 Å². The van der Waals surface area contributed by atoms with Gasteiger partial charge in [0.05, 0.1) is 0 Å². The van der Waals surface area contributed by atoms with Gasteiger partial charge in [-0.25, -0.2) is 9.97 Å². The topological polar surface area (TPSA) is 105 Å². The van der Waals surface area contributed by atoms with Crippen LogP contribution in [0.25, 0.3) is 0 Å². The number of anilines is 4. The Kier molecular flexibility index (Phi) is 5.55. The highest BCUT2D eigenvalue weighted by molar-refractivity contribution is 9.10. The van der Waals surface area contributed by atoms with Crippen molar-refractivity contribution in [2.24, 2.45) is 0 Å². The van der Waals surface area contributed by atoms with Crippen molar-refractivity contribution in [1.82, 2.24) is 15.4 Å². The van der Waals surface area contributed by atoms with Gasteiger partial charge >= 0.3 is 0 Å². The number of aromatic nitrogens is 2. The first-order valence-corrected chi connectivity index (χ1v) is 8.65. The van der Waals surface area contributed by atoms with Crippen molar-refractivity contribution in [1.29, 1.82) is 0 Å². The molecule has 9 heteroatoms. The number of nitrogens with zero attached hydrogens (tertiary/aromatic N) is 2. The van der Waals surface area contributed by atoms with Crippen LogP contribution in [0.2, 0.25) is 5.02 Å². The molecule has 26 heavy (non-hydrogen) atoms. The Balaban J connectivity index is 1.72. The number of rotatable bonds is 5. The first-order chi connectivity index (χ1) is 12.5. The molecular formula is C17H14BrClN6O. The number of nitrogens with one attached hydrogen (secondary N) is 3. The molecule has 0 atom stereocenters. The summed E-state index contributed by atoms with van der Waals surface area (Å²) in [6.45, 7) is 0. The van der Waals surface area contributed by atoms with Gasteiger partial charge in [0.15, 0.2) is 11.6 Å². The molecule has 132 valence electrons. The molecule has 5 N–H and O–H groups in total. The van der Waals surface area contributed by atoms with Gasteiger partial charge in [0.25, 0.3) is 5.91 Å². The van der Waals surface area contributed by atoms with Gasteiger partial charge in [-0.05, 0) is 36.4 Å². The molecule has 0 radical (unpaired) electrons. The van der Waals surface area contributed by atoms with Gasteiger partial charge in [-0.2, -0.15) is 0 Å². The maximum atomic E-state index is 12.2. The van der Waals surface area contributed by atoms with E-state index in [4.69, 9.17) is 17.3 Å². The largest absolute Gasteiger partial charge is 0.393 e. The molecular weight excluding hydrogens is 420 g/mol. The fourth-order valence-corrected chi connectivity index (χ4v) is 2.71. The SMILES string of the molecule is Nc1c(NNC(=O)c2cccc(Cl)c2)ncnc1Nc1cccc(Br)c1. The average molecular weight is 434 g/mol. The molecule has 0 aliphatic carbocycles. The highest BCUT2D eigenvalue weighted by Crippen LogP contribution is 2.26. The van der Waals surface area contributed by atoms with Crippen LogP contribution in [0.5, 0.6) is 0 Å². The number of halogens is 2. The zero-order valence-corrected chi connectivity index (χ0v) is 15.7. The van der Waals surface area contributed by atoms with E-state index in [0.29, 0.717) is 16.4 Å². The Morgan fingerprint density at radius 1 is 1.08 bits per heavy atom. The van der Waals surface area contributed by atoms with Crippen molar-refractivity contribution >= 4 is 56.4 Å². The van der Waals surface area contributed by atoms with Gasteiger partial charge in [-0.1, -0.05) is 39.7 Å². The molecule has 0 bridgehead atoms. The summed E-state index contributed by atoms with van der Waals surface area (Å²) < 4.78 is 0.919. The lowest BCUT2D eigenvalue weighted by atomic mass is 10.2. The van der Waals surface area contributed by atoms with Gasteiger partial charge in [-0.3, -0.25) is 15.6 Å². The molecule has 3 aromatic rings. The van der Waals surface area contributed by atoms with Crippen LogP contribution in [-0.2, 0) is 0 Å². The lowest BCUT2D eigenvalue weighted by molar-refractivity contribution is 0.0962. The fraction of sp³-hybridized carbons (Fsp3) is 0. The number of carbonyl (C=O) groups is 1. The van der Waals surface area contributed by atoms with Gasteiger partial charge in [-0.15, -0.1) is 0 Å². The maximum Gasteiger partial charge on any atom is 0.269 e. The Morgan fingerprint density at radius 3 is 2.62 bits per heavy atom. The van der Waals surface area contributed by atoms with Crippen LogP contribution in [0.4, 0.5) is 23.0 Å². The number of amides is 1. The zero-order chi connectivity index (χ0) is 18.5. The van der Waals surface area contributed by atoms with Crippen LogP contribution >= 0.6 is 27.5 Å². The third-order valence-electron chi connectivity index (χ3n) is 3.35. The highest BCUT2D eigenvalue weighted by atomic mass is 79.9. The van der Waals surface area contributed by atoms with E-state index in [1.54, 1.807) is 24.3 Å². The lowest BCUT2D eigenvalue weighted by Crippen LogP contribution is -2.30. The Hall–Kier alpha value is -2.84. The summed E-state index contributed by atoms with van der Waals surface area (Å²) in [4.78, 5) is 20.3. The van der Waals surface area contributed by atoms with E-state index in [0.717, 1.165) is 10.2 Å². The second kappa shape index (κ2) is 8.03. The summed E-state index contributed by atoms with van der Waals surface area (Å²) >= 11 is 9.29. The fourth-order valence-electron chi connectivity index (χ4n) is 2.12. The summed E-state index contributed by atoms with van der Waals surface area (Å²) in [5, 5.41) is 3.58. The minimum atomic E-state index is -0.369. The summed E-state index contributed by atoms with van der Waals surface area (Å²) in [7, 11) is 0. The van der Waals surface area contributed by atoms with Crippen molar-refractivity contribution in [3.05, 3.63) is 69.9 Å². The smallest absolute Gasteiger partial charge is 0.269 e. The molecule has 0 aliphatic heterocycles. The van der Waals surface area contributed by atoms with E-state index in [9.17, 15) is 4.79 Å². The number of hydrogen-bond donors (Lipinski definition) is 4. The lowest BCUT2D eigenvalue weighted by Gasteiger charge is -2.13. The molecule has 0 fully saturated rings. The van der Waals surface area contributed by atoms with E-state index in [1.165, 1.54) is 6.33 Å². The minimum absolute atomic E-state index is 0.263. The molecule has 1 amide bonds. The van der Waals surface area contributed by atoms with Crippen molar-refractivity contribution in [2.45, 2.75) is 0 Å². The average Bonchev–Trinajstić information content (AvgIpc) is 2.62. The molecule has 1 aromatic heterocycles. The number of benzene rings is 2.